The molecule has 114 valence electrons. The zero-order valence-electron chi connectivity index (χ0n) is 11.0. The van der Waals surface area contributed by atoms with Crippen LogP contribution in [-0.2, 0) is 0 Å². The van der Waals surface area contributed by atoms with Crippen LogP contribution in [0, 0.1) is 17.6 Å². The molecule has 2 rings (SSSR count). The minimum absolute atomic E-state index is 0. The standard InChI is InChI=1S/C14H18ClF2NO.ClH/c15-9-6-7-10(16)11(12(9)17)13(18)14(19)8-4-2-1-3-5-8;/h6-8,13-14,19H,1-5,18H2;1H/t13-,14+;/m1./s1. The molecule has 1 aliphatic rings. The molecule has 2 nitrogen and oxygen atoms in total. The zero-order chi connectivity index (χ0) is 14.0. The minimum atomic E-state index is -1.08. The maximum atomic E-state index is 13.9. The van der Waals surface area contributed by atoms with Crippen molar-refractivity contribution in [2.24, 2.45) is 11.7 Å². The van der Waals surface area contributed by atoms with Gasteiger partial charge in [0, 0.05) is 5.56 Å². The minimum Gasteiger partial charge on any atom is -0.391 e. The molecule has 0 unspecified atom stereocenters. The predicted octanol–water partition coefficient (Wildman–Crippen LogP) is 3.98. The first-order chi connectivity index (χ1) is 9.02. The van der Waals surface area contributed by atoms with Crippen molar-refractivity contribution in [1.82, 2.24) is 0 Å². The van der Waals surface area contributed by atoms with Gasteiger partial charge in [0.1, 0.15) is 11.6 Å². The van der Waals surface area contributed by atoms with Gasteiger partial charge in [0.2, 0.25) is 0 Å². The van der Waals surface area contributed by atoms with Crippen molar-refractivity contribution in [1.29, 1.82) is 0 Å². The highest BCUT2D eigenvalue weighted by Crippen LogP contribution is 2.34. The van der Waals surface area contributed by atoms with Crippen molar-refractivity contribution >= 4 is 24.0 Å². The van der Waals surface area contributed by atoms with Crippen LogP contribution in [0.2, 0.25) is 5.02 Å². The Balaban J connectivity index is 0.00000200. The van der Waals surface area contributed by atoms with E-state index in [2.05, 4.69) is 0 Å². The monoisotopic (exact) mass is 325 g/mol. The summed E-state index contributed by atoms with van der Waals surface area (Å²) in [4.78, 5) is 0. The van der Waals surface area contributed by atoms with Crippen LogP contribution < -0.4 is 5.73 Å². The Morgan fingerprint density at radius 1 is 1.20 bits per heavy atom. The van der Waals surface area contributed by atoms with E-state index < -0.39 is 23.8 Å². The molecule has 0 heterocycles. The molecule has 3 N–H and O–H groups in total. The summed E-state index contributed by atoms with van der Waals surface area (Å²) >= 11 is 5.64. The molecule has 0 bridgehead atoms. The van der Waals surface area contributed by atoms with Crippen LogP contribution in [0.25, 0.3) is 0 Å². The summed E-state index contributed by atoms with van der Waals surface area (Å²) in [6.07, 6.45) is 3.93. The van der Waals surface area contributed by atoms with Crippen LogP contribution in [0.5, 0.6) is 0 Å². The molecule has 6 heteroatoms. The molecule has 0 radical (unpaired) electrons. The van der Waals surface area contributed by atoms with Gasteiger partial charge in [-0.15, -0.1) is 12.4 Å². The van der Waals surface area contributed by atoms with Crippen LogP contribution >= 0.6 is 24.0 Å². The zero-order valence-corrected chi connectivity index (χ0v) is 12.6. The lowest BCUT2D eigenvalue weighted by molar-refractivity contribution is 0.0597. The van der Waals surface area contributed by atoms with Crippen LogP contribution in [-0.4, -0.2) is 11.2 Å². The fraction of sp³-hybridized carbons (Fsp3) is 0.571. The quantitative estimate of drug-likeness (QED) is 0.825. The molecule has 1 aromatic carbocycles. The van der Waals surface area contributed by atoms with Gasteiger partial charge in [-0.3, -0.25) is 0 Å². The third-order valence-corrected chi connectivity index (χ3v) is 4.21. The van der Waals surface area contributed by atoms with Gasteiger partial charge in [-0.2, -0.15) is 0 Å². The average molecular weight is 326 g/mol. The lowest BCUT2D eigenvalue weighted by Crippen LogP contribution is -2.35. The van der Waals surface area contributed by atoms with E-state index >= 15 is 0 Å². The Morgan fingerprint density at radius 3 is 2.40 bits per heavy atom. The van der Waals surface area contributed by atoms with Gasteiger partial charge in [-0.25, -0.2) is 8.78 Å². The summed E-state index contributed by atoms with van der Waals surface area (Å²) in [7, 11) is 0. The molecular formula is C14H19Cl2F2NO. The predicted molar refractivity (Wildman–Crippen MR) is 78.1 cm³/mol. The van der Waals surface area contributed by atoms with Crippen molar-refractivity contribution in [3.05, 3.63) is 34.4 Å². The molecule has 2 atom stereocenters. The third-order valence-electron chi connectivity index (χ3n) is 3.91. The second kappa shape index (κ2) is 7.55. The van der Waals surface area contributed by atoms with E-state index in [-0.39, 0.29) is 28.9 Å². The Kier molecular flexibility index (Phi) is 6.65. The summed E-state index contributed by atoms with van der Waals surface area (Å²) in [6, 6.07) is 1.14. The molecule has 1 saturated carbocycles. The summed E-state index contributed by atoms with van der Waals surface area (Å²) in [5.41, 5.74) is 5.54. The lowest BCUT2D eigenvalue weighted by Gasteiger charge is -2.30. The smallest absolute Gasteiger partial charge is 0.149 e. The van der Waals surface area contributed by atoms with Crippen molar-refractivity contribution in [2.45, 2.75) is 44.2 Å². The number of hydrogen-bond acceptors (Lipinski definition) is 2. The topological polar surface area (TPSA) is 46.2 Å². The summed E-state index contributed by atoms with van der Waals surface area (Å²) < 4.78 is 27.6. The molecule has 20 heavy (non-hydrogen) atoms. The Hall–Kier alpha value is -0.420. The van der Waals surface area contributed by atoms with E-state index in [0.717, 1.165) is 44.2 Å². The Labute approximate surface area is 128 Å². The second-order valence-corrected chi connectivity index (χ2v) is 5.58. The molecule has 1 aromatic rings. The molecule has 0 saturated heterocycles. The third kappa shape index (κ3) is 3.61. The van der Waals surface area contributed by atoms with Crippen LogP contribution in [0.15, 0.2) is 12.1 Å². The highest BCUT2D eigenvalue weighted by molar-refractivity contribution is 6.30. The van der Waals surface area contributed by atoms with Crippen molar-refractivity contribution in [3.8, 4) is 0 Å². The van der Waals surface area contributed by atoms with Gasteiger partial charge in [0.15, 0.2) is 0 Å². The molecule has 0 amide bonds. The van der Waals surface area contributed by atoms with Gasteiger partial charge in [0.25, 0.3) is 0 Å². The number of aliphatic hydroxyl groups excluding tert-OH is 1. The van der Waals surface area contributed by atoms with Crippen molar-refractivity contribution in [3.63, 3.8) is 0 Å². The molecule has 0 aromatic heterocycles. The SMILES string of the molecule is Cl.N[C@H](c1c(F)ccc(Cl)c1F)[C@@H](O)C1CCCCC1. The van der Waals surface area contributed by atoms with Gasteiger partial charge in [0.05, 0.1) is 17.2 Å². The molecule has 0 aliphatic heterocycles. The molecule has 1 fully saturated rings. The highest BCUT2D eigenvalue weighted by atomic mass is 35.5. The second-order valence-electron chi connectivity index (χ2n) is 5.17. The van der Waals surface area contributed by atoms with Gasteiger partial charge in [-0.1, -0.05) is 30.9 Å². The highest BCUT2D eigenvalue weighted by Gasteiger charge is 2.31. The van der Waals surface area contributed by atoms with E-state index in [9.17, 15) is 13.9 Å². The lowest BCUT2D eigenvalue weighted by atomic mass is 9.81. The maximum Gasteiger partial charge on any atom is 0.149 e. The Morgan fingerprint density at radius 2 is 1.80 bits per heavy atom. The molecular weight excluding hydrogens is 307 g/mol. The van der Waals surface area contributed by atoms with Crippen LogP contribution in [0.3, 0.4) is 0 Å². The fourth-order valence-electron chi connectivity index (χ4n) is 2.79. The van der Waals surface area contributed by atoms with E-state index in [1.165, 1.54) is 0 Å². The average Bonchev–Trinajstić information content (AvgIpc) is 2.43. The number of nitrogens with two attached hydrogens (primary N) is 1. The van der Waals surface area contributed by atoms with Gasteiger partial charge in [-0.05, 0) is 30.9 Å². The Bertz CT molecular complexity index is 453. The first kappa shape index (κ1) is 17.6. The van der Waals surface area contributed by atoms with E-state index in [4.69, 9.17) is 17.3 Å². The molecule has 1 aliphatic carbocycles. The van der Waals surface area contributed by atoms with E-state index in [0.29, 0.717) is 0 Å². The van der Waals surface area contributed by atoms with Crippen molar-refractivity contribution < 1.29 is 13.9 Å². The number of halogens is 4. The van der Waals surface area contributed by atoms with Crippen LogP contribution in [0.1, 0.15) is 43.7 Å². The van der Waals surface area contributed by atoms with Gasteiger partial charge >= 0.3 is 0 Å². The maximum absolute atomic E-state index is 13.9. The van der Waals surface area contributed by atoms with Crippen LogP contribution in [0.4, 0.5) is 8.78 Å². The summed E-state index contributed by atoms with van der Waals surface area (Å²) in [5.74, 6) is -1.63. The number of hydrogen-bond donors (Lipinski definition) is 2. The first-order valence-corrected chi connectivity index (χ1v) is 6.97. The van der Waals surface area contributed by atoms with E-state index in [1.54, 1.807) is 0 Å². The number of aliphatic hydroxyl groups is 1. The normalized spacial score (nSPS) is 19.2. The fourth-order valence-corrected chi connectivity index (χ4v) is 2.95. The van der Waals surface area contributed by atoms with E-state index in [1.807, 2.05) is 0 Å². The van der Waals surface area contributed by atoms with Crippen molar-refractivity contribution in [2.75, 3.05) is 0 Å². The summed E-state index contributed by atoms with van der Waals surface area (Å²) in [6.45, 7) is 0. The first-order valence-electron chi connectivity index (χ1n) is 6.59. The number of rotatable bonds is 3. The summed E-state index contributed by atoms with van der Waals surface area (Å²) in [5, 5.41) is 10.1. The molecule has 0 spiro atoms. The number of benzene rings is 1. The largest absolute Gasteiger partial charge is 0.391 e. The van der Waals surface area contributed by atoms with Gasteiger partial charge < -0.3 is 10.8 Å².